The van der Waals surface area contributed by atoms with Crippen LogP contribution in [0.1, 0.15) is 52.4 Å². The summed E-state index contributed by atoms with van der Waals surface area (Å²) in [7, 11) is 0. The Morgan fingerprint density at radius 1 is 1.35 bits per heavy atom. The van der Waals surface area contributed by atoms with Crippen LogP contribution in [0.4, 0.5) is 0 Å². The third-order valence-corrected chi connectivity index (χ3v) is 2.99. The second kappa shape index (κ2) is 8.29. The molecule has 0 fully saturated rings. The van der Waals surface area contributed by atoms with Crippen LogP contribution in [-0.4, -0.2) is 25.0 Å². The average molecular weight is 238 g/mol. The molecule has 1 rings (SSSR count). The quantitative estimate of drug-likeness (QED) is 0.528. The lowest BCUT2D eigenvalue weighted by Gasteiger charge is -2.13. The molecule has 1 amide bonds. The highest BCUT2D eigenvalue weighted by molar-refractivity contribution is 5.76. The molecule has 1 aliphatic rings. The van der Waals surface area contributed by atoms with Crippen molar-refractivity contribution in [1.82, 2.24) is 10.6 Å². The average Bonchev–Trinajstić information content (AvgIpc) is 2.29. The van der Waals surface area contributed by atoms with Gasteiger partial charge in [-0.2, -0.15) is 0 Å². The number of hydrogen-bond acceptors (Lipinski definition) is 2. The van der Waals surface area contributed by atoms with E-state index in [1.165, 1.54) is 25.7 Å². The molecule has 0 saturated carbocycles. The lowest BCUT2D eigenvalue weighted by molar-refractivity contribution is -0.121. The fourth-order valence-corrected chi connectivity index (χ4v) is 2.10. The first-order valence-corrected chi connectivity index (χ1v) is 6.86. The maximum absolute atomic E-state index is 11.4. The molecule has 0 unspecified atom stereocenters. The number of rotatable bonds is 7. The molecule has 0 radical (unpaired) electrons. The highest BCUT2D eigenvalue weighted by atomic mass is 16.1. The van der Waals surface area contributed by atoms with Crippen LogP contribution in [0.5, 0.6) is 0 Å². The molecule has 17 heavy (non-hydrogen) atoms. The van der Waals surface area contributed by atoms with E-state index in [-0.39, 0.29) is 11.9 Å². The van der Waals surface area contributed by atoms with Crippen molar-refractivity contribution in [2.45, 2.75) is 58.4 Å². The monoisotopic (exact) mass is 238 g/mol. The molecule has 0 aliphatic heterocycles. The SMILES string of the molecule is CC(C)NC(=O)CCNCCC1=CCCCC1. The predicted octanol–water partition coefficient (Wildman–Crippen LogP) is 2.38. The summed E-state index contributed by atoms with van der Waals surface area (Å²) in [5.74, 6) is 0.143. The summed E-state index contributed by atoms with van der Waals surface area (Å²) in [6, 6.07) is 0.245. The minimum atomic E-state index is 0.143. The molecule has 0 aromatic carbocycles. The highest BCUT2D eigenvalue weighted by Crippen LogP contribution is 2.19. The van der Waals surface area contributed by atoms with Gasteiger partial charge in [-0.15, -0.1) is 0 Å². The lowest BCUT2D eigenvalue weighted by atomic mass is 9.97. The Morgan fingerprint density at radius 3 is 2.82 bits per heavy atom. The van der Waals surface area contributed by atoms with Crippen LogP contribution in [-0.2, 0) is 4.79 Å². The first-order chi connectivity index (χ1) is 8.18. The van der Waals surface area contributed by atoms with E-state index in [1.807, 2.05) is 13.8 Å². The Balaban J connectivity index is 1.97. The van der Waals surface area contributed by atoms with E-state index in [9.17, 15) is 4.79 Å². The molecule has 3 heteroatoms. The van der Waals surface area contributed by atoms with Crippen molar-refractivity contribution in [2.24, 2.45) is 0 Å². The molecule has 0 bridgehead atoms. The Labute approximate surface area is 105 Å². The van der Waals surface area contributed by atoms with Crippen LogP contribution in [0.15, 0.2) is 11.6 Å². The molecule has 0 spiro atoms. The first-order valence-electron chi connectivity index (χ1n) is 6.86. The van der Waals surface area contributed by atoms with E-state index in [2.05, 4.69) is 16.7 Å². The van der Waals surface area contributed by atoms with Gasteiger partial charge in [0.05, 0.1) is 0 Å². The second-order valence-corrected chi connectivity index (χ2v) is 5.08. The second-order valence-electron chi connectivity index (χ2n) is 5.08. The molecule has 0 saturated heterocycles. The standard InChI is InChI=1S/C14H26N2O/c1-12(2)16-14(17)9-11-15-10-8-13-6-4-3-5-7-13/h6,12,15H,3-5,7-11H2,1-2H3,(H,16,17). The molecule has 0 heterocycles. The summed E-state index contributed by atoms with van der Waals surface area (Å²) in [6.07, 6.45) is 9.34. The number of carbonyl (C=O) groups excluding carboxylic acids is 1. The summed E-state index contributed by atoms with van der Waals surface area (Å²) < 4.78 is 0. The van der Waals surface area contributed by atoms with Crippen LogP contribution >= 0.6 is 0 Å². The van der Waals surface area contributed by atoms with E-state index >= 15 is 0 Å². The molecule has 0 aromatic heterocycles. The summed E-state index contributed by atoms with van der Waals surface area (Å²) in [4.78, 5) is 11.4. The molecule has 3 nitrogen and oxygen atoms in total. The Kier molecular flexibility index (Phi) is 6.94. The van der Waals surface area contributed by atoms with Gasteiger partial charge in [0.1, 0.15) is 0 Å². The number of amides is 1. The zero-order valence-corrected chi connectivity index (χ0v) is 11.2. The van der Waals surface area contributed by atoms with Gasteiger partial charge in [0.25, 0.3) is 0 Å². The molecule has 0 atom stereocenters. The molecular formula is C14H26N2O. The lowest BCUT2D eigenvalue weighted by Crippen LogP contribution is -2.32. The number of nitrogens with one attached hydrogen (secondary N) is 2. The van der Waals surface area contributed by atoms with Crippen LogP contribution < -0.4 is 10.6 Å². The van der Waals surface area contributed by atoms with E-state index < -0.39 is 0 Å². The van der Waals surface area contributed by atoms with Gasteiger partial charge in [-0.25, -0.2) is 0 Å². The van der Waals surface area contributed by atoms with Gasteiger partial charge in [0.15, 0.2) is 0 Å². The predicted molar refractivity (Wildman–Crippen MR) is 71.9 cm³/mol. The van der Waals surface area contributed by atoms with Crippen LogP contribution in [0.25, 0.3) is 0 Å². The normalized spacial score (nSPS) is 15.8. The molecule has 0 aromatic rings. The maximum atomic E-state index is 11.4. The summed E-state index contributed by atoms with van der Waals surface area (Å²) in [6.45, 7) is 5.76. The highest BCUT2D eigenvalue weighted by Gasteiger charge is 2.04. The fourth-order valence-electron chi connectivity index (χ4n) is 2.10. The topological polar surface area (TPSA) is 41.1 Å². The first kappa shape index (κ1) is 14.2. The zero-order chi connectivity index (χ0) is 12.5. The third-order valence-electron chi connectivity index (χ3n) is 2.99. The Bertz CT molecular complexity index is 259. The van der Waals surface area contributed by atoms with Gasteiger partial charge in [-0.1, -0.05) is 11.6 Å². The van der Waals surface area contributed by atoms with Gasteiger partial charge < -0.3 is 10.6 Å². The van der Waals surface area contributed by atoms with Crippen molar-refractivity contribution >= 4 is 5.91 Å². The molecule has 1 aliphatic carbocycles. The van der Waals surface area contributed by atoms with Crippen molar-refractivity contribution in [3.63, 3.8) is 0 Å². The van der Waals surface area contributed by atoms with Gasteiger partial charge in [-0.3, -0.25) is 4.79 Å². The fraction of sp³-hybridized carbons (Fsp3) is 0.786. The Hall–Kier alpha value is -0.830. The van der Waals surface area contributed by atoms with Crippen LogP contribution in [0.2, 0.25) is 0 Å². The molecule has 98 valence electrons. The van der Waals surface area contributed by atoms with E-state index in [0.29, 0.717) is 6.42 Å². The van der Waals surface area contributed by atoms with Gasteiger partial charge in [0, 0.05) is 19.0 Å². The zero-order valence-electron chi connectivity index (χ0n) is 11.2. The van der Waals surface area contributed by atoms with E-state index in [4.69, 9.17) is 0 Å². The summed E-state index contributed by atoms with van der Waals surface area (Å²) in [5, 5.41) is 6.23. The van der Waals surface area contributed by atoms with E-state index in [1.54, 1.807) is 5.57 Å². The Morgan fingerprint density at radius 2 is 2.18 bits per heavy atom. The molecular weight excluding hydrogens is 212 g/mol. The van der Waals surface area contributed by atoms with Crippen LogP contribution in [0.3, 0.4) is 0 Å². The summed E-state index contributed by atoms with van der Waals surface area (Å²) in [5.41, 5.74) is 1.59. The third kappa shape index (κ3) is 7.16. The minimum Gasteiger partial charge on any atom is -0.354 e. The van der Waals surface area contributed by atoms with Crippen molar-refractivity contribution in [2.75, 3.05) is 13.1 Å². The van der Waals surface area contributed by atoms with Gasteiger partial charge in [-0.05, 0) is 52.5 Å². The van der Waals surface area contributed by atoms with Gasteiger partial charge in [0.2, 0.25) is 5.91 Å². The van der Waals surface area contributed by atoms with Crippen molar-refractivity contribution < 1.29 is 4.79 Å². The molecule has 2 N–H and O–H groups in total. The number of hydrogen-bond donors (Lipinski definition) is 2. The van der Waals surface area contributed by atoms with Crippen molar-refractivity contribution in [1.29, 1.82) is 0 Å². The number of allylic oxidation sites excluding steroid dienone is 1. The maximum Gasteiger partial charge on any atom is 0.221 e. The van der Waals surface area contributed by atoms with Gasteiger partial charge >= 0.3 is 0 Å². The summed E-state index contributed by atoms with van der Waals surface area (Å²) >= 11 is 0. The largest absolute Gasteiger partial charge is 0.354 e. The van der Waals surface area contributed by atoms with E-state index in [0.717, 1.165) is 19.5 Å². The van der Waals surface area contributed by atoms with Crippen molar-refractivity contribution in [3.05, 3.63) is 11.6 Å². The van der Waals surface area contributed by atoms with Crippen LogP contribution in [0, 0.1) is 0 Å². The van der Waals surface area contributed by atoms with Crippen molar-refractivity contribution in [3.8, 4) is 0 Å². The number of carbonyl (C=O) groups is 1. The minimum absolute atomic E-state index is 0.143. The smallest absolute Gasteiger partial charge is 0.221 e.